The number of para-hydroxylation sites is 4. The molecule has 0 aliphatic heterocycles. The third-order valence-electron chi connectivity index (χ3n) is 12.3. The van der Waals surface area contributed by atoms with Crippen molar-refractivity contribution in [3.05, 3.63) is 237 Å². The van der Waals surface area contributed by atoms with Crippen LogP contribution < -0.4 is 4.90 Å². The second kappa shape index (κ2) is 15.3. The lowest BCUT2D eigenvalue weighted by molar-refractivity contribution is 0.669. The molecule has 0 saturated heterocycles. The van der Waals surface area contributed by atoms with E-state index in [1.54, 1.807) is 0 Å². The summed E-state index contributed by atoms with van der Waals surface area (Å²) >= 11 is 0. The van der Waals surface area contributed by atoms with E-state index in [4.69, 9.17) is 8.83 Å². The van der Waals surface area contributed by atoms with Gasteiger partial charge in [-0.15, -0.1) is 0 Å². The van der Waals surface area contributed by atoms with Crippen molar-refractivity contribution in [1.82, 2.24) is 0 Å². The van der Waals surface area contributed by atoms with E-state index in [2.05, 4.69) is 217 Å². The summed E-state index contributed by atoms with van der Waals surface area (Å²) in [6.07, 6.45) is 0. The number of hydrogen-bond acceptors (Lipinski definition) is 3. The Balaban J connectivity index is 1.00. The van der Waals surface area contributed by atoms with Gasteiger partial charge >= 0.3 is 0 Å². The molecule has 63 heavy (non-hydrogen) atoms. The Bertz CT molecular complexity index is 3430. The van der Waals surface area contributed by atoms with Gasteiger partial charge in [0, 0.05) is 49.7 Å². The zero-order valence-corrected chi connectivity index (χ0v) is 34.3. The SMILES string of the molecule is c1ccc(-c2ccc(-c3cc(-c4ccccc4)cc(N(c4ccc(-c5cccc6c5oc5ccccc56)cc4)c4ccc(-c5cccc6c5oc5ccccc56)cc4)c3)cc2)cc1. The van der Waals surface area contributed by atoms with Gasteiger partial charge in [0.05, 0.1) is 0 Å². The molecule has 0 N–H and O–H groups in total. The van der Waals surface area contributed by atoms with Crippen molar-refractivity contribution in [2.24, 2.45) is 0 Å². The van der Waals surface area contributed by atoms with E-state index in [-0.39, 0.29) is 0 Å². The van der Waals surface area contributed by atoms with Gasteiger partial charge in [-0.3, -0.25) is 0 Å². The lowest BCUT2D eigenvalue weighted by Gasteiger charge is -2.27. The Morgan fingerprint density at radius 2 is 0.603 bits per heavy atom. The highest BCUT2D eigenvalue weighted by Crippen LogP contribution is 2.43. The third-order valence-corrected chi connectivity index (χ3v) is 12.3. The van der Waals surface area contributed by atoms with Crippen LogP contribution in [0, 0.1) is 0 Å². The minimum absolute atomic E-state index is 0.895. The molecule has 2 aromatic heterocycles. The normalized spacial score (nSPS) is 11.5. The summed E-state index contributed by atoms with van der Waals surface area (Å²) in [5.74, 6) is 0. The maximum atomic E-state index is 6.47. The van der Waals surface area contributed by atoms with Crippen LogP contribution in [0.4, 0.5) is 17.1 Å². The lowest BCUT2D eigenvalue weighted by Crippen LogP contribution is -2.10. The Hall–Kier alpha value is -8.40. The fourth-order valence-electron chi connectivity index (χ4n) is 9.17. The van der Waals surface area contributed by atoms with Gasteiger partial charge in [0.1, 0.15) is 22.3 Å². The molecule has 296 valence electrons. The molecule has 2 heterocycles. The van der Waals surface area contributed by atoms with E-state index in [1.165, 1.54) is 11.1 Å². The molecule has 3 heteroatoms. The first-order valence-corrected chi connectivity index (χ1v) is 21.4. The van der Waals surface area contributed by atoms with Crippen LogP contribution in [0.1, 0.15) is 0 Å². The third kappa shape index (κ3) is 6.55. The van der Waals surface area contributed by atoms with Crippen molar-refractivity contribution >= 4 is 60.9 Å². The van der Waals surface area contributed by atoms with Crippen molar-refractivity contribution in [2.45, 2.75) is 0 Å². The van der Waals surface area contributed by atoms with Gasteiger partial charge in [0.25, 0.3) is 0 Å². The average molecular weight is 806 g/mol. The van der Waals surface area contributed by atoms with E-state index in [1.807, 2.05) is 24.3 Å². The summed E-state index contributed by atoms with van der Waals surface area (Å²) < 4.78 is 12.9. The first-order chi connectivity index (χ1) is 31.2. The Morgan fingerprint density at radius 1 is 0.238 bits per heavy atom. The van der Waals surface area contributed by atoms with E-state index < -0.39 is 0 Å². The molecule has 12 rings (SSSR count). The summed E-state index contributed by atoms with van der Waals surface area (Å²) in [7, 11) is 0. The number of nitrogens with zero attached hydrogens (tertiary/aromatic N) is 1. The summed E-state index contributed by atoms with van der Waals surface area (Å²) in [4.78, 5) is 2.37. The highest BCUT2D eigenvalue weighted by molar-refractivity contribution is 6.10. The Kier molecular flexibility index (Phi) is 8.83. The van der Waals surface area contributed by atoms with Crippen LogP contribution in [0.25, 0.3) is 99.5 Å². The quantitative estimate of drug-likeness (QED) is 0.153. The summed E-state index contributed by atoms with van der Waals surface area (Å²) in [6, 6.07) is 84.2. The van der Waals surface area contributed by atoms with Crippen LogP contribution in [-0.2, 0) is 0 Å². The van der Waals surface area contributed by atoms with Crippen LogP contribution in [-0.4, -0.2) is 0 Å². The van der Waals surface area contributed by atoms with E-state index in [0.29, 0.717) is 0 Å². The molecule has 0 spiro atoms. The molecule has 0 saturated carbocycles. The second-order valence-corrected chi connectivity index (χ2v) is 16.1. The summed E-state index contributed by atoms with van der Waals surface area (Å²) in [5, 5.41) is 4.49. The van der Waals surface area contributed by atoms with E-state index in [0.717, 1.165) is 105 Å². The van der Waals surface area contributed by atoms with Gasteiger partial charge in [-0.2, -0.15) is 0 Å². The maximum absolute atomic E-state index is 6.47. The highest BCUT2D eigenvalue weighted by atomic mass is 16.3. The fourth-order valence-corrected chi connectivity index (χ4v) is 9.17. The number of fused-ring (bicyclic) bond motifs is 6. The predicted molar refractivity (Wildman–Crippen MR) is 263 cm³/mol. The highest BCUT2D eigenvalue weighted by Gasteiger charge is 2.19. The Morgan fingerprint density at radius 3 is 1.08 bits per heavy atom. The van der Waals surface area contributed by atoms with Crippen LogP contribution in [0.5, 0.6) is 0 Å². The second-order valence-electron chi connectivity index (χ2n) is 16.1. The molecule has 3 nitrogen and oxygen atoms in total. The van der Waals surface area contributed by atoms with Crippen LogP contribution in [0.2, 0.25) is 0 Å². The largest absolute Gasteiger partial charge is 0.455 e. The van der Waals surface area contributed by atoms with Crippen molar-refractivity contribution in [3.8, 4) is 55.6 Å². The van der Waals surface area contributed by atoms with Gasteiger partial charge in [-0.1, -0.05) is 182 Å². The van der Waals surface area contributed by atoms with Crippen molar-refractivity contribution < 1.29 is 8.83 Å². The molecule has 0 amide bonds. The number of rotatable bonds is 8. The molecule has 0 bridgehead atoms. The van der Waals surface area contributed by atoms with Crippen LogP contribution in [0.3, 0.4) is 0 Å². The standard InChI is InChI=1S/C60H39NO2/c1-3-13-40(14-4-1)42-25-27-43(28-26-42)47-37-46(41-15-5-2-6-16-41)38-50(39-47)61(48-33-29-44(30-34-48)51-19-11-21-55-53-17-7-9-23-57(53)62-59(51)55)49-35-31-45(32-36-49)52-20-12-22-56-54-18-8-10-24-58(54)63-60(52)56/h1-39H. The molecule has 10 aromatic carbocycles. The van der Waals surface area contributed by atoms with Crippen molar-refractivity contribution in [1.29, 1.82) is 0 Å². The molecule has 0 fully saturated rings. The number of benzene rings is 10. The van der Waals surface area contributed by atoms with Crippen LogP contribution >= 0.6 is 0 Å². The molecule has 0 radical (unpaired) electrons. The lowest BCUT2D eigenvalue weighted by atomic mass is 9.95. The molecule has 0 unspecified atom stereocenters. The van der Waals surface area contributed by atoms with Crippen molar-refractivity contribution in [2.75, 3.05) is 4.90 Å². The van der Waals surface area contributed by atoms with E-state index >= 15 is 0 Å². The van der Waals surface area contributed by atoms with Gasteiger partial charge in [0.15, 0.2) is 0 Å². The van der Waals surface area contributed by atoms with Gasteiger partial charge in [-0.05, 0) is 99.1 Å². The van der Waals surface area contributed by atoms with Gasteiger partial charge < -0.3 is 13.7 Å². The number of furan rings is 2. The summed E-state index contributed by atoms with van der Waals surface area (Å²) in [5.41, 5.74) is 18.0. The van der Waals surface area contributed by atoms with Gasteiger partial charge in [0.2, 0.25) is 0 Å². The number of anilines is 3. The minimum atomic E-state index is 0.895. The summed E-state index contributed by atoms with van der Waals surface area (Å²) in [6.45, 7) is 0. The predicted octanol–water partition coefficient (Wildman–Crippen LogP) is 17.3. The topological polar surface area (TPSA) is 29.5 Å². The first kappa shape index (κ1) is 36.5. The Labute approximate surface area is 365 Å². The van der Waals surface area contributed by atoms with Crippen LogP contribution in [0.15, 0.2) is 245 Å². The molecule has 0 aliphatic carbocycles. The molecule has 0 aliphatic rings. The van der Waals surface area contributed by atoms with Gasteiger partial charge in [-0.25, -0.2) is 0 Å². The average Bonchev–Trinajstić information content (AvgIpc) is 3.94. The maximum Gasteiger partial charge on any atom is 0.143 e. The molecular formula is C60H39NO2. The molecule has 12 aromatic rings. The zero-order chi connectivity index (χ0) is 41.7. The fraction of sp³-hybridized carbons (Fsp3) is 0. The minimum Gasteiger partial charge on any atom is -0.455 e. The number of hydrogen-bond donors (Lipinski definition) is 0. The van der Waals surface area contributed by atoms with E-state index in [9.17, 15) is 0 Å². The van der Waals surface area contributed by atoms with Crippen molar-refractivity contribution in [3.63, 3.8) is 0 Å². The first-order valence-electron chi connectivity index (χ1n) is 21.4. The molecular weight excluding hydrogens is 767 g/mol. The molecule has 0 atom stereocenters. The monoisotopic (exact) mass is 805 g/mol. The smallest absolute Gasteiger partial charge is 0.143 e. The zero-order valence-electron chi connectivity index (χ0n) is 34.3.